The van der Waals surface area contributed by atoms with Crippen LogP contribution in [0.3, 0.4) is 0 Å². The third-order valence-corrected chi connectivity index (χ3v) is 5.74. The minimum absolute atomic E-state index is 0.00559. The fourth-order valence-electron chi connectivity index (χ4n) is 3.13. The Kier molecular flexibility index (Phi) is 2.90. The maximum Gasteiger partial charge on any atom is 0.149 e. The quantitative estimate of drug-likeness (QED) is 0.815. The number of rotatable bonds is 2. The van der Waals surface area contributed by atoms with Crippen LogP contribution in [0.2, 0.25) is 0 Å². The molecule has 94 valence electrons. The van der Waals surface area contributed by atoms with Crippen molar-refractivity contribution in [3.8, 4) is 0 Å². The van der Waals surface area contributed by atoms with E-state index in [0.29, 0.717) is 24.2 Å². The maximum atomic E-state index is 12.5. The summed E-state index contributed by atoms with van der Waals surface area (Å²) in [5.74, 6) is 0.431. The van der Waals surface area contributed by atoms with Gasteiger partial charge in [0.15, 0.2) is 0 Å². The topological polar surface area (TPSA) is 51.2 Å². The van der Waals surface area contributed by atoms with E-state index < -0.39 is 16.0 Å². The van der Waals surface area contributed by atoms with E-state index in [0.717, 1.165) is 0 Å². The third-order valence-electron chi connectivity index (χ3n) is 3.93. The summed E-state index contributed by atoms with van der Waals surface area (Å²) in [4.78, 5) is 24.2. The molecule has 0 spiro atoms. The average molecular weight is 262 g/mol. The van der Waals surface area contributed by atoms with Crippen LogP contribution in [0, 0.1) is 11.8 Å². The number of carbonyl (C=O) groups excluding carboxylic acids is 2. The minimum Gasteiger partial charge on any atom is -0.300 e. The lowest BCUT2D eigenvalue weighted by Crippen LogP contribution is -2.27. The summed E-state index contributed by atoms with van der Waals surface area (Å²) >= 11 is 0. The highest BCUT2D eigenvalue weighted by molar-refractivity contribution is 7.86. The van der Waals surface area contributed by atoms with Gasteiger partial charge < -0.3 is 0 Å². The zero-order valence-electron chi connectivity index (χ0n) is 9.87. The molecule has 0 amide bonds. The van der Waals surface area contributed by atoms with Crippen molar-refractivity contribution in [1.29, 1.82) is 0 Å². The van der Waals surface area contributed by atoms with Gasteiger partial charge in [0, 0.05) is 24.2 Å². The zero-order chi connectivity index (χ0) is 12.7. The van der Waals surface area contributed by atoms with Crippen molar-refractivity contribution in [2.24, 2.45) is 11.8 Å². The summed E-state index contributed by atoms with van der Waals surface area (Å²) in [6.45, 7) is 0. The number of hydrogen-bond acceptors (Lipinski definition) is 3. The van der Waals surface area contributed by atoms with Gasteiger partial charge >= 0.3 is 0 Å². The molecule has 2 aliphatic carbocycles. The first-order valence-electron chi connectivity index (χ1n) is 6.17. The number of carbonyl (C=O) groups is 2. The molecule has 0 heterocycles. The van der Waals surface area contributed by atoms with Crippen LogP contribution in [0.4, 0.5) is 0 Å². The molecular formula is C14H14O3S. The highest BCUT2D eigenvalue weighted by atomic mass is 32.2. The van der Waals surface area contributed by atoms with Crippen LogP contribution in [0.5, 0.6) is 0 Å². The lowest BCUT2D eigenvalue weighted by molar-refractivity contribution is -0.119. The molecule has 0 aromatic heterocycles. The summed E-state index contributed by atoms with van der Waals surface area (Å²) in [6.07, 6.45) is 1.36. The van der Waals surface area contributed by atoms with Crippen molar-refractivity contribution in [2.45, 2.75) is 29.4 Å². The molecular weight excluding hydrogens is 248 g/mol. The molecule has 0 saturated heterocycles. The number of ketones is 2. The maximum absolute atomic E-state index is 12.5. The van der Waals surface area contributed by atoms with E-state index in [2.05, 4.69) is 0 Å². The van der Waals surface area contributed by atoms with Crippen LogP contribution in [0.1, 0.15) is 19.3 Å². The average Bonchev–Trinajstić information content (AvgIpc) is 2.84. The van der Waals surface area contributed by atoms with Gasteiger partial charge in [0.1, 0.15) is 16.8 Å². The largest absolute Gasteiger partial charge is 0.300 e. The van der Waals surface area contributed by atoms with E-state index in [1.165, 1.54) is 0 Å². The highest BCUT2D eigenvalue weighted by Gasteiger charge is 2.50. The Balaban J connectivity index is 1.90. The van der Waals surface area contributed by atoms with Gasteiger partial charge in [0.05, 0.1) is 10.8 Å². The molecule has 3 nitrogen and oxygen atoms in total. The first kappa shape index (κ1) is 11.8. The van der Waals surface area contributed by atoms with Crippen LogP contribution >= 0.6 is 0 Å². The molecule has 0 radical (unpaired) electrons. The van der Waals surface area contributed by atoms with Crippen LogP contribution in [-0.4, -0.2) is 21.0 Å². The number of benzene rings is 1. The first-order chi connectivity index (χ1) is 8.66. The molecule has 2 saturated carbocycles. The SMILES string of the molecule is O=C1C[C@@H]2CC(=O)[C@H]([S@](=O)c3ccccc3)[C@@H]2C1. The molecule has 0 N–H and O–H groups in total. The van der Waals surface area contributed by atoms with E-state index in [4.69, 9.17) is 0 Å². The van der Waals surface area contributed by atoms with E-state index >= 15 is 0 Å². The molecule has 4 heteroatoms. The van der Waals surface area contributed by atoms with E-state index in [1.807, 2.05) is 18.2 Å². The molecule has 18 heavy (non-hydrogen) atoms. The Morgan fingerprint density at radius 1 is 1.00 bits per heavy atom. The highest BCUT2D eigenvalue weighted by Crippen LogP contribution is 2.43. The van der Waals surface area contributed by atoms with Crippen LogP contribution < -0.4 is 0 Å². The van der Waals surface area contributed by atoms with Gasteiger partial charge in [0.25, 0.3) is 0 Å². The van der Waals surface area contributed by atoms with Crippen molar-refractivity contribution in [2.75, 3.05) is 0 Å². The van der Waals surface area contributed by atoms with Crippen LogP contribution in [0.15, 0.2) is 35.2 Å². The Morgan fingerprint density at radius 3 is 2.44 bits per heavy atom. The van der Waals surface area contributed by atoms with Gasteiger partial charge in [-0.25, -0.2) is 0 Å². The summed E-state index contributed by atoms with van der Waals surface area (Å²) in [5, 5.41) is -0.469. The van der Waals surface area contributed by atoms with Crippen molar-refractivity contribution in [3.05, 3.63) is 30.3 Å². The van der Waals surface area contributed by atoms with Gasteiger partial charge in [-0.2, -0.15) is 0 Å². The molecule has 3 rings (SSSR count). The van der Waals surface area contributed by atoms with E-state index in [1.54, 1.807) is 12.1 Å². The summed E-state index contributed by atoms with van der Waals surface area (Å²) in [7, 11) is -1.32. The summed E-state index contributed by atoms with van der Waals surface area (Å²) in [5.41, 5.74) is 0. The van der Waals surface area contributed by atoms with Gasteiger partial charge in [-0.1, -0.05) is 18.2 Å². The van der Waals surface area contributed by atoms with Gasteiger partial charge in [0.2, 0.25) is 0 Å². The Hall–Kier alpha value is -1.29. The third kappa shape index (κ3) is 1.85. The van der Waals surface area contributed by atoms with Gasteiger partial charge in [-0.15, -0.1) is 0 Å². The molecule has 2 fully saturated rings. The fourth-order valence-corrected chi connectivity index (χ4v) is 4.82. The fraction of sp³-hybridized carbons (Fsp3) is 0.429. The minimum atomic E-state index is -1.32. The zero-order valence-corrected chi connectivity index (χ0v) is 10.7. The summed E-state index contributed by atoms with van der Waals surface area (Å²) < 4.78 is 12.5. The lowest BCUT2D eigenvalue weighted by Gasteiger charge is -2.15. The second-order valence-electron chi connectivity index (χ2n) is 5.07. The van der Waals surface area contributed by atoms with Crippen LogP contribution in [0.25, 0.3) is 0 Å². The molecule has 0 bridgehead atoms. The normalized spacial score (nSPS) is 32.6. The second-order valence-corrected chi connectivity index (χ2v) is 6.65. The smallest absolute Gasteiger partial charge is 0.149 e. The predicted octanol–water partition coefficient (Wildman–Crippen LogP) is 1.73. The Bertz CT molecular complexity index is 523. The second kappa shape index (κ2) is 4.43. The van der Waals surface area contributed by atoms with Crippen LogP contribution in [-0.2, 0) is 20.4 Å². The lowest BCUT2D eigenvalue weighted by atomic mass is 10.0. The number of fused-ring (bicyclic) bond motifs is 1. The first-order valence-corrected chi connectivity index (χ1v) is 7.38. The number of hydrogen-bond donors (Lipinski definition) is 0. The van der Waals surface area contributed by atoms with Crippen molar-refractivity contribution in [1.82, 2.24) is 0 Å². The van der Waals surface area contributed by atoms with Crippen molar-refractivity contribution < 1.29 is 13.8 Å². The van der Waals surface area contributed by atoms with E-state index in [9.17, 15) is 13.8 Å². The van der Waals surface area contributed by atoms with Crippen molar-refractivity contribution >= 4 is 22.4 Å². The monoisotopic (exact) mass is 262 g/mol. The molecule has 0 aliphatic heterocycles. The van der Waals surface area contributed by atoms with E-state index in [-0.39, 0.29) is 23.4 Å². The molecule has 0 unspecified atom stereocenters. The predicted molar refractivity (Wildman–Crippen MR) is 67.5 cm³/mol. The molecule has 4 atom stereocenters. The number of Topliss-reactive ketones (excluding diaryl/α,β-unsaturated/α-hetero) is 2. The standard InChI is InChI=1S/C14H14O3S/c15-10-6-9-7-13(16)14(12(9)8-10)18(17)11-4-2-1-3-5-11/h1-5,9,12,14H,6-8H2/t9-,12-,14-,18-/m1/s1. The Morgan fingerprint density at radius 2 is 1.72 bits per heavy atom. The summed E-state index contributed by atoms with van der Waals surface area (Å²) in [6, 6.07) is 9.08. The molecule has 1 aromatic carbocycles. The molecule has 2 aliphatic rings. The van der Waals surface area contributed by atoms with Gasteiger partial charge in [-0.05, 0) is 24.0 Å². The van der Waals surface area contributed by atoms with Gasteiger partial charge in [-0.3, -0.25) is 13.8 Å². The molecule has 1 aromatic rings. The Labute approximate surface area is 108 Å². The van der Waals surface area contributed by atoms with Crippen molar-refractivity contribution in [3.63, 3.8) is 0 Å².